The Labute approximate surface area is 164 Å². The van der Waals surface area contributed by atoms with Crippen molar-refractivity contribution in [3.63, 3.8) is 0 Å². The van der Waals surface area contributed by atoms with Crippen LogP contribution in [0.15, 0.2) is 24.3 Å². The number of ketones is 1. The molecule has 3 rings (SSSR count). The van der Waals surface area contributed by atoms with Gasteiger partial charge in [0.2, 0.25) is 5.91 Å². The van der Waals surface area contributed by atoms with Crippen LogP contribution in [-0.2, 0) is 19.1 Å². The van der Waals surface area contributed by atoms with E-state index in [4.69, 9.17) is 4.74 Å². The third-order valence-electron chi connectivity index (χ3n) is 5.48. The van der Waals surface area contributed by atoms with Crippen molar-refractivity contribution in [2.45, 2.75) is 58.1 Å². The number of rotatable bonds is 6. The second kappa shape index (κ2) is 8.54. The van der Waals surface area contributed by atoms with Crippen LogP contribution < -0.4 is 5.32 Å². The third kappa shape index (κ3) is 4.40. The molecule has 0 unspecified atom stereocenters. The van der Waals surface area contributed by atoms with Gasteiger partial charge in [0.15, 0.2) is 11.9 Å². The third-order valence-corrected chi connectivity index (χ3v) is 5.48. The van der Waals surface area contributed by atoms with Crippen molar-refractivity contribution >= 4 is 29.3 Å². The van der Waals surface area contributed by atoms with Crippen LogP contribution in [0.3, 0.4) is 0 Å². The molecule has 150 valence electrons. The molecular weight excluding hydrogens is 360 g/mol. The number of hydrogen-bond acceptors (Lipinski definition) is 5. The lowest BCUT2D eigenvalue weighted by atomic mass is 10.1. The molecule has 2 amide bonds. The second-order valence-electron chi connectivity index (χ2n) is 7.56. The van der Waals surface area contributed by atoms with Crippen LogP contribution in [0.5, 0.6) is 0 Å². The lowest BCUT2D eigenvalue weighted by Gasteiger charge is -2.24. The van der Waals surface area contributed by atoms with Gasteiger partial charge in [0.1, 0.15) is 0 Å². The van der Waals surface area contributed by atoms with E-state index in [0.717, 1.165) is 25.7 Å². The van der Waals surface area contributed by atoms with Crippen LogP contribution in [0.2, 0.25) is 0 Å². The van der Waals surface area contributed by atoms with E-state index in [2.05, 4.69) is 5.32 Å². The fourth-order valence-electron chi connectivity index (χ4n) is 3.92. The Balaban J connectivity index is 1.56. The highest BCUT2D eigenvalue weighted by Gasteiger charge is 2.40. The number of para-hydroxylation sites is 1. The highest BCUT2D eigenvalue weighted by atomic mass is 16.5. The zero-order chi connectivity index (χ0) is 20.3. The average molecular weight is 386 g/mol. The minimum atomic E-state index is -1.02. The van der Waals surface area contributed by atoms with E-state index in [1.54, 1.807) is 29.2 Å². The molecular formula is C21H26N2O5. The van der Waals surface area contributed by atoms with Gasteiger partial charge in [0.05, 0.1) is 11.6 Å². The van der Waals surface area contributed by atoms with Gasteiger partial charge in [-0.2, -0.15) is 0 Å². The maximum atomic E-state index is 12.5. The first-order chi connectivity index (χ1) is 13.4. The van der Waals surface area contributed by atoms with Gasteiger partial charge in [-0.1, -0.05) is 25.0 Å². The van der Waals surface area contributed by atoms with E-state index in [0.29, 0.717) is 17.8 Å². The summed E-state index contributed by atoms with van der Waals surface area (Å²) in [7, 11) is 0. The topological polar surface area (TPSA) is 92.8 Å². The lowest BCUT2D eigenvalue weighted by molar-refractivity contribution is -0.157. The van der Waals surface area contributed by atoms with Crippen molar-refractivity contribution in [2.24, 2.45) is 5.92 Å². The van der Waals surface area contributed by atoms with Gasteiger partial charge < -0.3 is 15.0 Å². The van der Waals surface area contributed by atoms with E-state index in [1.807, 2.05) is 0 Å². The van der Waals surface area contributed by atoms with Gasteiger partial charge in [0, 0.05) is 24.6 Å². The SMILES string of the molecule is CC(=O)c1ccccc1NC(=O)[C@H](C)OC(=O)[C@H]1CC(=O)N(C2CCCC2)C1. The smallest absolute Gasteiger partial charge is 0.312 e. The largest absolute Gasteiger partial charge is 0.452 e. The molecule has 2 aliphatic rings. The van der Waals surface area contributed by atoms with E-state index >= 15 is 0 Å². The molecule has 28 heavy (non-hydrogen) atoms. The summed E-state index contributed by atoms with van der Waals surface area (Å²) in [6, 6.07) is 6.90. The molecule has 1 saturated heterocycles. The normalized spacial score (nSPS) is 20.9. The maximum absolute atomic E-state index is 12.5. The van der Waals surface area contributed by atoms with Crippen LogP contribution in [0.1, 0.15) is 56.3 Å². The Bertz CT molecular complexity index is 785. The summed E-state index contributed by atoms with van der Waals surface area (Å²) in [6.07, 6.45) is 3.31. The van der Waals surface area contributed by atoms with E-state index in [1.165, 1.54) is 13.8 Å². The van der Waals surface area contributed by atoms with Crippen LogP contribution in [0.25, 0.3) is 0 Å². The summed E-state index contributed by atoms with van der Waals surface area (Å²) >= 11 is 0. The fourth-order valence-corrected chi connectivity index (χ4v) is 3.92. The van der Waals surface area contributed by atoms with E-state index in [-0.39, 0.29) is 24.2 Å². The molecule has 2 atom stereocenters. The Morgan fingerprint density at radius 3 is 2.54 bits per heavy atom. The van der Waals surface area contributed by atoms with Gasteiger partial charge in [-0.3, -0.25) is 19.2 Å². The molecule has 7 heteroatoms. The predicted octanol–water partition coefficient (Wildman–Crippen LogP) is 2.55. The summed E-state index contributed by atoms with van der Waals surface area (Å²) in [5.74, 6) is -1.76. The number of Topliss-reactive ketones (excluding diaryl/α,β-unsaturated/α-hetero) is 1. The quantitative estimate of drug-likeness (QED) is 0.599. The average Bonchev–Trinajstić information content (AvgIpc) is 3.31. The molecule has 1 N–H and O–H groups in total. The highest BCUT2D eigenvalue weighted by Crippen LogP contribution is 2.30. The van der Waals surface area contributed by atoms with Crippen molar-refractivity contribution in [3.05, 3.63) is 29.8 Å². The summed E-state index contributed by atoms with van der Waals surface area (Å²) in [5.41, 5.74) is 0.773. The Kier molecular flexibility index (Phi) is 6.11. The van der Waals surface area contributed by atoms with Crippen molar-refractivity contribution < 1.29 is 23.9 Å². The number of esters is 1. The first kappa shape index (κ1) is 20.0. The molecule has 2 fully saturated rings. The number of amides is 2. The zero-order valence-electron chi connectivity index (χ0n) is 16.3. The molecule has 1 aromatic rings. The highest BCUT2D eigenvalue weighted by molar-refractivity contribution is 6.04. The summed E-state index contributed by atoms with van der Waals surface area (Å²) in [6.45, 7) is 3.26. The van der Waals surface area contributed by atoms with E-state index < -0.39 is 23.9 Å². The Morgan fingerprint density at radius 1 is 1.18 bits per heavy atom. The van der Waals surface area contributed by atoms with Gasteiger partial charge in [-0.15, -0.1) is 0 Å². The van der Waals surface area contributed by atoms with Crippen LogP contribution in [0, 0.1) is 5.92 Å². The van der Waals surface area contributed by atoms with Gasteiger partial charge in [0.25, 0.3) is 5.91 Å². The molecule has 1 saturated carbocycles. The molecule has 0 radical (unpaired) electrons. The number of nitrogens with one attached hydrogen (secondary N) is 1. The number of carbonyl (C=O) groups is 4. The number of likely N-dealkylation sites (tertiary alicyclic amines) is 1. The van der Waals surface area contributed by atoms with Crippen LogP contribution >= 0.6 is 0 Å². The van der Waals surface area contributed by atoms with Crippen LogP contribution in [-0.4, -0.2) is 47.2 Å². The van der Waals surface area contributed by atoms with Crippen LogP contribution in [0.4, 0.5) is 5.69 Å². The number of ether oxygens (including phenoxy) is 1. The van der Waals surface area contributed by atoms with Gasteiger partial charge in [-0.05, 0) is 38.8 Å². The van der Waals surface area contributed by atoms with Gasteiger partial charge in [-0.25, -0.2) is 0 Å². The standard InChI is InChI=1S/C21H26N2O5/c1-13(24)17-9-5-6-10-18(17)22-20(26)14(2)28-21(27)15-11-19(25)23(12-15)16-7-3-4-8-16/h5-6,9-10,14-16H,3-4,7-8,11-12H2,1-2H3,(H,22,26)/t14-,15-/m0/s1. The number of benzene rings is 1. The monoisotopic (exact) mass is 386 g/mol. The molecule has 1 aliphatic carbocycles. The fraction of sp³-hybridized carbons (Fsp3) is 0.524. The summed E-state index contributed by atoms with van der Waals surface area (Å²) in [4.78, 5) is 50.6. The summed E-state index contributed by atoms with van der Waals surface area (Å²) in [5, 5.41) is 2.64. The molecule has 0 bridgehead atoms. The van der Waals surface area contributed by atoms with Crippen molar-refractivity contribution in [1.29, 1.82) is 0 Å². The van der Waals surface area contributed by atoms with Crippen molar-refractivity contribution in [1.82, 2.24) is 4.90 Å². The Hall–Kier alpha value is -2.70. The predicted molar refractivity (Wildman–Crippen MR) is 103 cm³/mol. The maximum Gasteiger partial charge on any atom is 0.312 e. The van der Waals surface area contributed by atoms with Crippen molar-refractivity contribution in [2.75, 3.05) is 11.9 Å². The van der Waals surface area contributed by atoms with E-state index in [9.17, 15) is 19.2 Å². The molecule has 0 aromatic heterocycles. The number of hydrogen-bond donors (Lipinski definition) is 1. The zero-order valence-corrected chi connectivity index (χ0v) is 16.3. The van der Waals surface area contributed by atoms with Crippen molar-refractivity contribution in [3.8, 4) is 0 Å². The molecule has 1 aliphatic heterocycles. The molecule has 0 spiro atoms. The summed E-state index contributed by atoms with van der Waals surface area (Å²) < 4.78 is 5.31. The number of anilines is 1. The first-order valence-electron chi connectivity index (χ1n) is 9.77. The molecule has 7 nitrogen and oxygen atoms in total. The minimum absolute atomic E-state index is 0.0126. The lowest BCUT2D eigenvalue weighted by Crippen LogP contribution is -2.36. The Morgan fingerprint density at radius 2 is 1.86 bits per heavy atom. The molecule has 1 aromatic carbocycles. The second-order valence-corrected chi connectivity index (χ2v) is 7.56. The molecule has 1 heterocycles. The number of nitrogens with zero attached hydrogens (tertiary/aromatic N) is 1. The minimum Gasteiger partial charge on any atom is -0.452 e. The van der Waals surface area contributed by atoms with Gasteiger partial charge >= 0.3 is 5.97 Å². The number of carbonyl (C=O) groups excluding carboxylic acids is 4. The first-order valence-corrected chi connectivity index (χ1v) is 9.77.